The van der Waals surface area contributed by atoms with Crippen molar-refractivity contribution in [3.05, 3.63) is 35.4 Å². The van der Waals surface area contributed by atoms with Crippen molar-refractivity contribution in [3.63, 3.8) is 0 Å². The summed E-state index contributed by atoms with van der Waals surface area (Å²) in [5.41, 5.74) is 1.68. The van der Waals surface area contributed by atoms with E-state index in [1.54, 1.807) is 12.1 Å². The second-order valence-electron chi connectivity index (χ2n) is 4.64. The first-order valence-corrected chi connectivity index (χ1v) is 6.45. The predicted molar refractivity (Wildman–Crippen MR) is 70.0 cm³/mol. The van der Waals surface area contributed by atoms with Crippen molar-refractivity contribution in [2.75, 3.05) is 0 Å². The Kier molecular flexibility index (Phi) is 4.78. The molecule has 93 valence electrons. The van der Waals surface area contributed by atoms with Crippen molar-refractivity contribution in [2.24, 2.45) is 11.1 Å². The molecule has 18 heavy (non-hydrogen) atoms. The van der Waals surface area contributed by atoms with Gasteiger partial charge in [0.2, 0.25) is 0 Å². The largest absolute Gasteiger partial charge is 0.391 e. The van der Waals surface area contributed by atoms with Crippen LogP contribution in [0.4, 0.5) is 0 Å². The maximum Gasteiger partial charge on any atom is 0.142 e. The molecule has 1 aromatic rings. The van der Waals surface area contributed by atoms with E-state index in [4.69, 9.17) is 10.1 Å². The molecule has 1 aliphatic carbocycles. The lowest BCUT2D eigenvalue weighted by Crippen LogP contribution is -2.07. The highest BCUT2D eigenvalue weighted by atomic mass is 16.6. The van der Waals surface area contributed by atoms with Crippen molar-refractivity contribution in [1.29, 1.82) is 5.26 Å². The first-order chi connectivity index (χ1) is 8.88. The highest BCUT2D eigenvalue weighted by Gasteiger charge is 2.11. The first kappa shape index (κ1) is 12.6. The summed E-state index contributed by atoms with van der Waals surface area (Å²) in [5.74, 6) is 0.472. The van der Waals surface area contributed by atoms with Crippen LogP contribution in [0.1, 0.15) is 43.2 Å². The first-order valence-electron chi connectivity index (χ1n) is 6.45. The summed E-state index contributed by atoms with van der Waals surface area (Å²) in [7, 11) is 0. The van der Waals surface area contributed by atoms with Crippen LogP contribution in [-0.2, 0) is 11.4 Å². The van der Waals surface area contributed by atoms with Gasteiger partial charge in [0.1, 0.15) is 12.8 Å². The lowest BCUT2D eigenvalue weighted by atomic mass is 9.90. The lowest BCUT2D eigenvalue weighted by Gasteiger charge is -2.15. The van der Waals surface area contributed by atoms with E-state index in [-0.39, 0.29) is 0 Å². The Balaban J connectivity index is 1.73. The fourth-order valence-corrected chi connectivity index (χ4v) is 2.13. The molecule has 0 aromatic heterocycles. The minimum atomic E-state index is 0.436. The minimum absolute atomic E-state index is 0.436. The average molecular weight is 241 g/mol. The van der Waals surface area contributed by atoms with Crippen LogP contribution in [0, 0.1) is 17.2 Å². The zero-order chi connectivity index (χ0) is 12.6. The van der Waals surface area contributed by atoms with E-state index in [1.807, 2.05) is 12.1 Å². The maximum atomic E-state index is 8.68. The molecule has 0 unspecified atom stereocenters. The summed E-state index contributed by atoms with van der Waals surface area (Å²) in [6, 6.07) is 9.43. The molecule has 0 spiro atoms. The van der Waals surface area contributed by atoms with Gasteiger partial charge >= 0.3 is 0 Å². The molecule has 0 atom stereocenters. The number of hydrogen-bond acceptors (Lipinski definition) is 3. The smallest absolute Gasteiger partial charge is 0.142 e. The van der Waals surface area contributed by atoms with Gasteiger partial charge in [0.15, 0.2) is 0 Å². The zero-order valence-electron chi connectivity index (χ0n) is 10.4. The minimum Gasteiger partial charge on any atom is -0.391 e. The predicted octanol–water partition coefficient (Wildman–Crippen LogP) is 3.52. The molecule has 0 amide bonds. The molecule has 3 heteroatoms. The normalized spacial score (nSPS) is 16.6. The van der Waals surface area contributed by atoms with Gasteiger partial charge in [0, 0.05) is 5.92 Å². The molecule has 1 fully saturated rings. The fraction of sp³-hybridized carbons (Fsp3) is 0.467. The standard InChI is InChI=1S/C15H17N2O/c16-10-13-6-8-15(9-7-13)12-18-17-11-14-4-2-1-3-5-14/h6-9,14H,1-5,12H2. The fourth-order valence-electron chi connectivity index (χ4n) is 2.13. The molecule has 1 aromatic carbocycles. The van der Waals surface area contributed by atoms with Crippen LogP contribution in [0.25, 0.3) is 0 Å². The molecule has 1 saturated carbocycles. The van der Waals surface area contributed by atoms with Crippen LogP contribution < -0.4 is 0 Å². The van der Waals surface area contributed by atoms with Gasteiger partial charge in [-0.25, -0.2) is 0 Å². The van der Waals surface area contributed by atoms with Gasteiger partial charge in [-0.3, -0.25) is 0 Å². The van der Waals surface area contributed by atoms with Gasteiger partial charge in [0.05, 0.1) is 11.6 Å². The molecule has 0 bridgehead atoms. The second kappa shape index (κ2) is 6.80. The molecule has 0 N–H and O–H groups in total. The average Bonchev–Trinajstić information content (AvgIpc) is 2.45. The molecular formula is C15H17N2O. The summed E-state index contributed by atoms with van der Waals surface area (Å²) in [6.07, 6.45) is 9.33. The van der Waals surface area contributed by atoms with Crippen molar-refractivity contribution in [2.45, 2.75) is 38.7 Å². The Morgan fingerprint density at radius 2 is 1.89 bits per heavy atom. The van der Waals surface area contributed by atoms with Gasteiger partial charge < -0.3 is 4.84 Å². The van der Waals surface area contributed by atoms with Gasteiger partial charge in [0.25, 0.3) is 0 Å². The van der Waals surface area contributed by atoms with E-state index in [0.717, 1.165) is 5.56 Å². The summed E-state index contributed by atoms with van der Waals surface area (Å²) in [6.45, 7) is 0.436. The second-order valence-corrected chi connectivity index (χ2v) is 4.64. The third kappa shape index (κ3) is 3.89. The quantitative estimate of drug-likeness (QED) is 0.598. The van der Waals surface area contributed by atoms with Crippen LogP contribution in [-0.4, -0.2) is 6.21 Å². The molecule has 0 aliphatic heterocycles. The maximum absolute atomic E-state index is 8.68. The highest BCUT2D eigenvalue weighted by Crippen LogP contribution is 2.21. The van der Waals surface area contributed by atoms with E-state index >= 15 is 0 Å². The van der Waals surface area contributed by atoms with Gasteiger partial charge in [-0.1, -0.05) is 36.6 Å². The monoisotopic (exact) mass is 241 g/mol. The summed E-state index contributed by atoms with van der Waals surface area (Å²) in [5, 5.41) is 12.6. The van der Waals surface area contributed by atoms with Crippen LogP contribution in [0.5, 0.6) is 0 Å². The van der Waals surface area contributed by atoms with Crippen LogP contribution in [0.2, 0.25) is 0 Å². The van der Waals surface area contributed by atoms with Crippen molar-refractivity contribution >= 4 is 6.21 Å². The van der Waals surface area contributed by atoms with Crippen LogP contribution >= 0.6 is 0 Å². The Labute approximate surface area is 108 Å². The van der Waals surface area contributed by atoms with Gasteiger partial charge in [-0.2, -0.15) is 5.26 Å². The van der Waals surface area contributed by atoms with Gasteiger partial charge in [-0.05, 0) is 30.5 Å². The SMILES string of the molecule is N#Cc1ccc(CO/N=[C]\C2CCCCC2)cc1. The zero-order valence-corrected chi connectivity index (χ0v) is 10.4. The van der Waals surface area contributed by atoms with E-state index < -0.39 is 0 Å². The summed E-state index contributed by atoms with van der Waals surface area (Å²) in [4.78, 5) is 5.23. The van der Waals surface area contributed by atoms with E-state index in [2.05, 4.69) is 17.4 Å². The van der Waals surface area contributed by atoms with Crippen molar-refractivity contribution in [1.82, 2.24) is 0 Å². The molecule has 0 heterocycles. The van der Waals surface area contributed by atoms with E-state index in [9.17, 15) is 0 Å². The Morgan fingerprint density at radius 1 is 1.17 bits per heavy atom. The molecule has 3 nitrogen and oxygen atoms in total. The third-order valence-corrected chi connectivity index (χ3v) is 3.22. The van der Waals surface area contributed by atoms with Crippen LogP contribution in [0.3, 0.4) is 0 Å². The summed E-state index contributed by atoms with van der Waals surface area (Å²) < 4.78 is 0. The molecule has 0 saturated heterocycles. The molecule has 2 rings (SSSR count). The lowest BCUT2D eigenvalue weighted by molar-refractivity contribution is 0.130. The molecular weight excluding hydrogens is 224 g/mol. The van der Waals surface area contributed by atoms with Gasteiger partial charge in [-0.15, -0.1) is 0 Å². The number of hydrogen-bond donors (Lipinski definition) is 0. The van der Waals surface area contributed by atoms with Crippen LogP contribution in [0.15, 0.2) is 29.4 Å². The number of rotatable bonds is 4. The van der Waals surface area contributed by atoms with E-state index in [0.29, 0.717) is 18.1 Å². The Bertz CT molecular complexity index is 425. The number of benzene rings is 1. The van der Waals surface area contributed by atoms with Crippen molar-refractivity contribution < 1.29 is 4.84 Å². The Hall–Kier alpha value is -1.82. The molecule has 1 aliphatic rings. The topological polar surface area (TPSA) is 45.4 Å². The Morgan fingerprint density at radius 3 is 2.56 bits per heavy atom. The summed E-state index contributed by atoms with van der Waals surface area (Å²) >= 11 is 0. The third-order valence-electron chi connectivity index (χ3n) is 3.22. The molecule has 1 radical (unpaired) electrons. The number of nitrogens with zero attached hydrogens (tertiary/aromatic N) is 2. The van der Waals surface area contributed by atoms with Crippen molar-refractivity contribution in [3.8, 4) is 6.07 Å². The van der Waals surface area contributed by atoms with E-state index in [1.165, 1.54) is 32.1 Å². The highest BCUT2D eigenvalue weighted by molar-refractivity contribution is 5.59. The number of nitriles is 1.